The molecule has 0 spiro atoms. The standard InChI is InChI=1S/C16H31N3O/c1-4-15(2,3)13-5-7-16(8-6-13,14(17)20)19-11-9-18-10-12-19/h13,18H,4-12H2,1-3H3,(H2,17,20). The first-order chi connectivity index (χ1) is 9.42. The normalized spacial score (nSPS) is 33.0. The third-order valence-electron chi connectivity index (χ3n) is 6.01. The molecule has 1 amide bonds. The molecule has 1 aliphatic heterocycles. The molecule has 0 atom stereocenters. The first kappa shape index (κ1) is 15.8. The van der Waals surface area contributed by atoms with E-state index in [4.69, 9.17) is 5.73 Å². The zero-order chi connectivity index (χ0) is 14.8. The van der Waals surface area contributed by atoms with Crippen molar-refractivity contribution >= 4 is 5.91 Å². The van der Waals surface area contributed by atoms with E-state index < -0.39 is 0 Å². The Hall–Kier alpha value is -0.610. The molecule has 1 aliphatic carbocycles. The minimum atomic E-state index is -0.373. The first-order valence-electron chi connectivity index (χ1n) is 8.18. The maximum atomic E-state index is 12.2. The fourth-order valence-electron chi connectivity index (χ4n) is 3.98. The van der Waals surface area contributed by atoms with Crippen LogP contribution in [0.3, 0.4) is 0 Å². The van der Waals surface area contributed by atoms with Crippen LogP contribution in [0.4, 0.5) is 0 Å². The first-order valence-corrected chi connectivity index (χ1v) is 8.18. The number of nitrogens with zero attached hydrogens (tertiary/aromatic N) is 1. The molecule has 2 rings (SSSR count). The number of nitrogens with one attached hydrogen (secondary N) is 1. The fourth-order valence-corrected chi connectivity index (χ4v) is 3.98. The molecule has 0 aromatic carbocycles. The maximum Gasteiger partial charge on any atom is 0.237 e. The van der Waals surface area contributed by atoms with Gasteiger partial charge in [0.25, 0.3) is 0 Å². The molecule has 0 radical (unpaired) electrons. The number of carbonyl (C=O) groups excluding carboxylic acids is 1. The highest BCUT2D eigenvalue weighted by atomic mass is 16.1. The molecule has 1 heterocycles. The van der Waals surface area contributed by atoms with E-state index in [1.54, 1.807) is 0 Å². The van der Waals surface area contributed by atoms with Gasteiger partial charge in [-0.15, -0.1) is 0 Å². The summed E-state index contributed by atoms with van der Waals surface area (Å²) < 4.78 is 0. The number of hydrogen-bond donors (Lipinski definition) is 2. The Morgan fingerprint density at radius 1 is 1.30 bits per heavy atom. The Morgan fingerprint density at radius 3 is 2.30 bits per heavy atom. The highest BCUT2D eigenvalue weighted by Gasteiger charge is 2.47. The molecule has 0 aromatic heterocycles. The fraction of sp³-hybridized carbons (Fsp3) is 0.938. The second-order valence-electron chi connectivity index (χ2n) is 7.25. The predicted octanol–water partition coefficient (Wildman–Crippen LogP) is 1.74. The molecule has 1 saturated carbocycles. The summed E-state index contributed by atoms with van der Waals surface area (Å²) in [5.74, 6) is 0.620. The number of nitrogens with two attached hydrogens (primary N) is 1. The van der Waals surface area contributed by atoms with E-state index in [0.29, 0.717) is 5.41 Å². The van der Waals surface area contributed by atoms with Crippen molar-refractivity contribution in [3.8, 4) is 0 Å². The molecule has 0 bridgehead atoms. The van der Waals surface area contributed by atoms with E-state index in [2.05, 4.69) is 31.0 Å². The lowest BCUT2D eigenvalue weighted by molar-refractivity contribution is -0.135. The molecule has 20 heavy (non-hydrogen) atoms. The van der Waals surface area contributed by atoms with Crippen LogP contribution in [0.25, 0.3) is 0 Å². The Morgan fingerprint density at radius 2 is 1.85 bits per heavy atom. The van der Waals surface area contributed by atoms with E-state index in [0.717, 1.165) is 57.8 Å². The van der Waals surface area contributed by atoms with Gasteiger partial charge in [0.2, 0.25) is 5.91 Å². The van der Waals surface area contributed by atoms with Gasteiger partial charge in [-0.3, -0.25) is 9.69 Å². The molecule has 1 saturated heterocycles. The van der Waals surface area contributed by atoms with Crippen LogP contribution in [0, 0.1) is 11.3 Å². The average Bonchev–Trinajstić information content (AvgIpc) is 2.48. The highest BCUT2D eigenvalue weighted by Crippen LogP contribution is 2.45. The topological polar surface area (TPSA) is 58.4 Å². The van der Waals surface area contributed by atoms with Crippen LogP contribution >= 0.6 is 0 Å². The zero-order valence-electron chi connectivity index (χ0n) is 13.4. The number of hydrogen-bond acceptors (Lipinski definition) is 3. The van der Waals surface area contributed by atoms with Crippen molar-refractivity contribution in [2.24, 2.45) is 17.1 Å². The van der Waals surface area contributed by atoms with Gasteiger partial charge in [0.1, 0.15) is 5.54 Å². The Balaban J connectivity index is 2.08. The van der Waals surface area contributed by atoms with Crippen molar-refractivity contribution in [3.05, 3.63) is 0 Å². The molecular weight excluding hydrogens is 250 g/mol. The summed E-state index contributed by atoms with van der Waals surface area (Å²) in [6.45, 7) is 10.8. The summed E-state index contributed by atoms with van der Waals surface area (Å²) in [4.78, 5) is 14.5. The van der Waals surface area contributed by atoms with Crippen LogP contribution in [0.1, 0.15) is 52.9 Å². The molecule has 116 valence electrons. The summed E-state index contributed by atoms with van der Waals surface area (Å²) in [6, 6.07) is 0. The molecule has 4 nitrogen and oxygen atoms in total. The van der Waals surface area contributed by atoms with Crippen molar-refractivity contribution in [2.45, 2.75) is 58.4 Å². The molecule has 2 aliphatic rings. The second-order valence-corrected chi connectivity index (χ2v) is 7.25. The Bertz CT molecular complexity index is 340. The van der Waals surface area contributed by atoms with Crippen molar-refractivity contribution in [1.29, 1.82) is 0 Å². The smallest absolute Gasteiger partial charge is 0.237 e. The van der Waals surface area contributed by atoms with Gasteiger partial charge in [-0.2, -0.15) is 0 Å². The van der Waals surface area contributed by atoms with E-state index in [-0.39, 0.29) is 11.4 Å². The largest absolute Gasteiger partial charge is 0.368 e. The minimum absolute atomic E-state index is 0.104. The van der Waals surface area contributed by atoms with Crippen molar-refractivity contribution in [3.63, 3.8) is 0 Å². The summed E-state index contributed by atoms with van der Waals surface area (Å²) in [6.07, 6.45) is 5.35. The van der Waals surface area contributed by atoms with Gasteiger partial charge < -0.3 is 11.1 Å². The van der Waals surface area contributed by atoms with Gasteiger partial charge in [-0.05, 0) is 37.0 Å². The Labute approximate surface area is 123 Å². The summed E-state index contributed by atoms with van der Waals surface area (Å²) >= 11 is 0. The molecule has 0 aromatic rings. The van der Waals surface area contributed by atoms with Gasteiger partial charge in [0.05, 0.1) is 0 Å². The van der Waals surface area contributed by atoms with Crippen molar-refractivity contribution < 1.29 is 4.79 Å². The van der Waals surface area contributed by atoms with Crippen molar-refractivity contribution in [1.82, 2.24) is 10.2 Å². The van der Waals surface area contributed by atoms with Gasteiger partial charge in [0.15, 0.2) is 0 Å². The van der Waals surface area contributed by atoms with Gasteiger partial charge in [-0.25, -0.2) is 0 Å². The van der Waals surface area contributed by atoms with Gasteiger partial charge in [-0.1, -0.05) is 27.2 Å². The third kappa shape index (κ3) is 2.86. The minimum Gasteiger partial charge on any atom is -0.368 e. The zero-order valence-corrected chi connectivity index (χ0v) is 13.4. The molecule has 3 N–H and O–H groups in total. The number of amides is 1. The lowest BCUT2D eigenvalue weighted by atomic mass is 9.65. The highest BCUT2D eigenvalue weighted by molar-refractivity contribution is 5.84. The molecule has 4 heteroatoms. The molecular formula is C16H31N3O. The third-order valence-corrected chi connectivity index (χ3v) is 6.01. The van der Waals surface area contributed by atoms with Crippen LogP contribution in [-0.4, -0.2) is 42.5 Å². The Kier molecular flexibility index (Phi) is 4.75. The van der Waals surface area contributed by atoms with E-state index in [1.165, 1.54) is 6.42 Å². The maximum absolute atomic E-state index is 12.2. The number of piperazine rings is 1. The summed E-state index contributed by atoms with van der Waals surface area (Å²) in [7, 11) is 0. The van der Waals surface area contributed by atoms with Gasteiger partial charge in [0, 0.05) is 26.2 Å². The monoisotopic (exact) mass is 281 g/mol. The van der Waals surface area contributed by atoms with Crippen LogP contribution in [0.5, 0.6) is 0 Å². The van der Waals surface area contributed by atoms with Crippen molar-refractivity contribution in [2.75, 3.05) is 26.2 Å². The quantitative estimate of drug-likeness (QED) is 0.825. The van der Waals surface area contributed by atoms with Gasteiger partial charge >= 0.3 is 0 Å². The molecule has 0 unspecified atom stereocenters. The number of carbonyl (C=O) groups is 1. The lowest BCUT2D eigenvalue weighted by Crippen LogP contribution is -2.63. The van der Waals surface area contributed by atoms with E-state index in [9.17, 15) is 4.79 Å². The second kappa shape index (κ2) is 6.02. The summed E-state index contributed by atoms with van der Waals surface area (Å²) in [5, 5.41) is 3.36. The average molecular weight is 281 g/mol. The number of primary amides is 1. The SMILES string of the molecule is CCC(C)(C)C1CCC(C(N)=O)(N2CCNCC2)CC1. The van der Waals surface area contributed by atoms with Crippen LogP contribution in [-0.2, 0) is 4.79 Å². The predicted molar refractivity (Wildman–Crippen MR) is 82.4 cm³/mol. The lowest BCUT2D eigenvalue weighted by Gasteiger charge is -2.49. The van der Waals surface area contributed by atoms with Crippen LogP contribution in [0.2, 0.25) is 0 Å². The van der Waals surface area contributed by atoms with Crippen LogP contribution in [0.15, 0.2) is 0 Å². The van der Waals surface area contributed by atoms with Crippen LogP contribution < -0.4 is 11.1 Å². The van der Waals surface area contributed by atoms with E-state index in [1.807, 2.05) is 0 Å². The van der Waals surface area contributed by atoms with E-state index >= 15 is 0 Å². The molecule has 2 fully saturated rings. The summed E-state index contributed by atoms with van der Waals surface area (Å²) in [5.41, 5.74) is 5.83. The number of rotatable bonds is 4.